The lowest BCUT2D eigenvalue weighted by Crippen LogP contribution is -3.00. The molecule has 0 nitrogen and oxygen atoms in total. The molecule has 0 saturated carbocycles. The van der Waals surface area contributed by atoms with Crippen LogP contribution in [0.4, 0.5) is 0 Å². The number of hydrogen-bond acceptors (Lipinski definition) is 0. The van der Waals surface area contributed by atoms with Gasteiger partial charge in [0.1, 0.15) is 0 Å². The van der Waals surface area contributed by atoms with E-state index in [9.17, 15) is 0 Å². The normalized spacial score (nSPS) is 11.0. The Morgan fingerprint density at radius 1 is 0.765 bits per heavy atom. The summed E-state index contributed by atoms with van der Waals surface area (Å²) in [6.07, 6.45) is 8.34. The Hall–Kier alpha value is 0.130. The predicted octanol–water partition coefficient (Wildman–Crippen LogP) is 1.56. The lowest BCUT2D eigenvalue weighted by Gasteiger charge is -2.26. The summed E-state index contributed by atoms with van der Waals surface area (Å²) in [5.74, 6) is 0. The molecule has 0 aliphatic rings. The molecule has 0 atom stereocenters. The molecule has 0 aromatic heterocycles. The molecular formula is C15H26BrP. The topological polar surface area (TPSA) is 0 Å². The molecule has 0 saturated heterocycles. The summed E-state index contributed by atoms with van der Waals surface area (Å²) in [6, 6.07) is 11.3. The van der Waals surface area contributed by atoms with Gasteiger partial charge in [-0.25, -0.2) is 0 Å². The molecule has 0 N–H and O–H groups in total. The highest BCUT2D eigenvalue weighted by Crippen LogP contribution is 2.58. The number of rotatable bonds is 7. The molecule has 17 heavy (non-hydrogen) atoms. The van der Waals surface area contributed by atoms with Crippen LogP contribution in [-0.2, 0) is 0 Å². The van der Waals surface area contributed by atoms with Gasteiger partial charge in [0.2, 0.25) is 0 Å². The van der Waals surface area contributed by atoms with E-state index in [1.54, 1.807) is 5.30 Å². The first kappa shape index (κ1) is 17.1. The highest BCUT2D eigenvalue weighted by Gasteiger charge is 2.36. The van der Waals surface area contributed by atoms with Gasteiger partial charge in [0, 0.05) is 7.26 Å². The van der Waals surface area contributed by atoms with Crippen LogP contribution in [0.25, 0.3) is 0 Å². The van der Waals surface area contributed by atoms with E-state index >= 15 is 0 Å². The van der Waals surface area contributed by atoms with Crippen LogP contribution in [0, 0.1) is 0 Å². The molecule has 0 aliphatic carbocycles. The zero-order chi connectivity index (χ0) is 11.9. The van der Waals surface area contributed by atoms with Crippen LogP contribution in [0.2, 0.25) is 0 Å². The minimum Gasteiger partial charge on any atom is -1.00 e. The number of halogens is 1. The van der Waals surface area contributed by atoms with Gasteiger partial charge in [0.05, 0.1) is 23.8 Å². The van der Waals surface area contributed by atoms with Gasteiger partial charge >= 0.3 is 0 Å². The minimum absolute atomic E-state index is 0. The van der Waals surface area contributed by atoms with E-state index in [1.807, 2.05) is 0 Å². The van der Waals surface area contributed by atoms with Gasteiger partial charge in [-0.3, -0.25) is 0 Å². The maximum Gasteiger partial charge on any atom is 0.0939 e. The van der Waals surface area contributed by atoms with E-state index in [2.05, 4.69) is 51.1 Å². The van der Waals surface area contributed by atoms with Gasteiger partial charge < -0.3 is 17.0 Å². The second-order valence-electron chi connectivity index (χ2n) is 4.65. The van der Waals surface area contributed by atoms with Crippen molar-refractivity contribution in [3.63, 3.8) is 0 Å². The Labute approximate surface area is 118 Å². The minimum atomic E-state index is -0.849. The van der Waals surface area contributed by atoms with Crippen LogP contribution in [0.15, 0.2) is 30.3 Å². The molecule has 0 fully saturated rings. The highest BCUT2D eigenvalue weighted by molar-refractivity contribution is 7.82. The van der Waals surface area contributed by atoms with Crippen molar-refractivity contribution in [2.75, 3.05) is 18.5 Å². The van der Waals surface area contributed by atoms with Gasteiger partial charge in [0.15, 0.2) is 0 Å². The van der Waals surface area contributed by atoms with E-state index in [0.717, 1.165) is 0 Å². The fraction of sp³-hybridized carbons (Fsp3) is 0.600. The van der Waals surface area contributed by atoms with E-state index in [-0.39, 0.29) is 17.0 Å². The van der Waals surface area contributed by atoms with Crippen molar-refractivity contribution in [3.05, 3.63) is 30.3 Å². The number of benzene rings is 1. The van der Waals surface area contributed by atoms with Gasteiger partial charge in [-0.05, 0) is 31.4 Å². The van der Waals surface area contributed by atoms with Gasteiger partial charge in [0.25, 0.3) is 0 Å². The quantitative estimate of drug-likeness (QED) is 0.670. The third-order valence-electron chi connectivity index (χ3n) is 3.26. The second-order valence-corrected chi connectivity index (χ2v) is 8.80. The fourth-order valence-electron chi connectivity index (χ4n) is 2.75. The zero-order valence-electron chi connectivity index (χ0n) is 11.5. The molecular weight excluding hydrogens is 291 g/mol. The number of hydrogen-bond donors (Lipinski definition) is 0. The first-order valence-corrected chi connectivity index (χ1v) is 9.05. The van der Waals surface area contributed by atoms with Crippen molar-refractivity contribution in [1.29, 1.82) is 0 Å². The first-order chi connectivity index (χ1) is 7.79. The van der Waals surface area contributed by atoms with Crippen molar-refractivity contribution >= 4 is 12.6 Å². The summed E-state index contributed by atoms with van der Waals surface area (Å²) >= 11 is 0. The summed E-state index contributed by atoms with van der Waals surface area (Å²) < 4.78 is 0. The van der Waals surface area contributed by atoms with Crippen LogP contribution >= 0.6 is 7.26 Å². The predicted molar refractivity (Wildman–Crippen MR) is 78.5 cm³/mol. The van der Waals surface area contributed by atoms with Gasteiger partial charge in [-0.1, -0.05) is 39.0 Å². The molecule has 98 valence electrons. The van der Waals surface area contributed by atoms with E-state index in [1.165, 1.54) is 37.7 Å². The van der Waals surface area contributed by atoms with Crippen LogP contribution in [0.3, 0.4) is 0 Å². The molecule has 0 aliphatic heterocycles. The molecule has 0 heterocycles. The Balaban J connectivity index is 0.00000256. The Kier molecular flexibility index (Phi) is 9.18. The summed E-state index contributed by atoms with van der Waals surface area (Å²) in [5.41, 5.74) is 0. The Morgan fingerprint density at radius 2 is 1.18 bits per heavy atom. The fourth-order valence-corrected chi connectivity index (χ4v) is 7.57. The molecule has 0 bridgehead atoms. The molecule has 1 rings (SSSR count). The molecule has 0 unspecified atom stereocenters. The molecule has 0 radical (unpaired) electrons. The molecule has 2 heteroatoms. The molecule has 1 aromatic rings. The standard InChI is InChI=1S/C15H26P.BrH/c1-4-12-16(13-5-2,14-6-3)15-10-8-7-9-11-15;/h7-11H,4-6,12-14H2,1-3H3;1H/q+1;/p-1. The van der Waals surface area contributed by atoms with E-state index < -0.39 is 7.26 Å². The summed E-state index contributed by atoms with van der Waals surface area (Å²) in [7, 11) is -0.849. The van der Waals surface area contributed by atoms with E-state index in [0.29, 0.717) is 0 Å². The smallest absolute Gasteiger partial charge is 0.0939 e. The van der Waals surface area contributed by atoms with Crippen LogP contribution in [0.5, 0.6) is 0 Å². The van der Waals surface area contributed by atoms with Crippen molar-refractivity contribution in [1.82, 2.24) is 0 Å². The van der Waals surface area contributed by atoms with Crippen molar-refractivity contribution in [2.24, 2.45) is 0 Å². The SMILES string of the molecule is CCC[P+](CCC)(CCC)c1ccccc1.[Br-]. The van der Waals surface area contributed by atoms with Crippen molar-refractivity contribution in [2.45, 2.75) is 40.0 Å². The third-order valence-corrected chi connectivity index (χ3v) is 8.56. The highest BCUT2D eigenvalue weighted by atomic mass is 79.9. The third kappa shape index (κ3) is 4.72. The summed E-state index contributed by atoms with van der Waals surface area (Å²) in [5, 5.41) is 1.67. The molecule has 1 aromatic carbocycles. The summed E-state index contributed by atoms with van der Waals surface area (Å²) in [4.78, 5) is 0. The van der Waals surface area contributed by atoms with Gasteiger partial charge in [-0.15, -0.1) is 0 Å². The van der Waals surface area contributed by atoms with Crippen LogP contribution in [-0.4, -0.2) is 18.5 Å². The second kappa shape index (κ2) is 9.11. The maximum absolute atomic E-state index is 2.37. The van der Waals surface area contributed by atoms with Crippen LogP contribution < -0.4 is 22.3 Å². The monoisotopic (exact) mass is 316 g/mol. The van der Waals surface area contributed by atoms with Crippen LogP contribution in [0.1, 0.15) is 40.0 Å². The Morgan fingerprint density at radius 3 is 1.53 bits per heavy atom. The Bertz CT molecular complexity index is 267. The molecule has 0 amide bonds. The lowest BCUT2D eigenvalue weighted by atomic mass is 10.4. The van der Waals surface area contributed by atoms with Crippen molar-refractivity contribution in [3.8, 4) is 0 Å². The van der Waals surface area contributed by atoms with Gasteiger partial charge in [-0.2, -0.15) is 0 Å². The average molecular weight is 317 g/mol. The molecule has 0 spiro atoms. The van der Waals surface area contributed by atoms with E-state index in [4.69, 9.17) is 0 Å². The largest absolute Gasteiger partial charge is 1.00 e. The lowest BCUT2D eigenvalue weighted by molar-refractivity contribution is -0.00000356. The first-order valence-electron chi connectivity index (χ1n) is 6.70. The average Bonchev–Trinajstić information content (AvgIpc) is 2.31. The maximum atomic E-state index is 2.37. The van der Waals surface area contributed by atoms with Crippen molar-refractivity contribution < 1.29 is 17.0 Å². The zero-order valence-corrected chi connectivity index (χ0v) is 13.9. The summed E-state index contributed by atoms with van der Waals surface area (Å²) in [6.45, 7) is 7.01.